The van der Waals surface area contributed by atoms with Crippen molar-refractivity contribution in [1.82, 2.24) is 9.88 Å². The Kier molecular flexibility index (Phi) is 4.02. The third kappa shape index (κ3) is 3.23. The van der Waals surface area contributed by atoms with Gasteiger partial charge in [-0.25, -0.2) is 0 Å². The fraction of sp³-hybridized carbons (Fsp3) is 0.143. The van der Waals surface area contributed by atoms with Crippen molar-refractivity contribution in [1.29, 1.82) is 0 Å². The number of hydrogen-bond donors (Lipinski definition) is 1. The molecule has 1 aromatic carbocycles. The Bertz CT molecular complexity index is 586. The number of aromatic nitrogens is 1. The molecule has 0 atom stereocenters. The first-order valence-electron chi connectivity index (χ1n) is 5.77. The van der Waals surface area contributed by atoms with E-state index in [9.17, 15) is 4.79 Å². The highest BCUT2D eigenvalue weighted by Gasteiger charge is 2.13. The minimum atomic E-state index is -0.104. The van der Waals surface area contributed by atoms with Gasteiger partial charge in [-0.1, -0.05) is 17.7 Å². The average Bonchev–Trinajstić information content (AvgIpc) is 2.42. The molecule has 0 bridgehead atoms. The number of carbonyl (C=O) groups excluding carboxylic acids is 1. The number of carbonyl (C=O) groups is 1. The van der Waals surface area contributed by atoms with Crippen molar-refractivity contribution in [3.8, 4) is 0 Å². The minimum Gasteiger partial charge on any atom is -0.398 e. The van der Waals surface area contributed by atoms with Crippen molar-refractivity contribution < 1.29 is 4.79 Å². The SMILES string of the molecule is CN(Cc1cccnc1)C(=O)c1ccc(Cl)c(N)c1. The van der Waals surface area contributed by atoms with Crippen LogP contribution in [0.15, 0.2) is 42.7 Å². The second-order valence-electron chi connectivity index (χ2n) is 4.26. The Morgan fingerprint density at radius 1 is 1.42 bits per heavy atom. The second kappa shape index (κ2) is 5.71. The van der Waals surface area contributed by atoms with Gasteiger partial charge >= 0.3 is 0 Å². The Labute approximate surface area is 116 Å². The highest BCUT2D eigenvalue weighted by atomic mass is 35.5. The summed E-state index contributed by atoms with van der Waals surface area (Å²) >= 11 is 5.84. The quantitative estimate of drug-likeness (QED) is 0.876. The second-order valence-corrected chi connectivity index (χ2v) is 4.67. The highest BCUT2D eigenvalue weighted by molar-refractivity contribution is 6.33. The van der Waals surface area contributed by atoms with Crippen LogP contribution in [0.25, 0.3) is 0 Å². The van der Waals surface area contributed by atoms with Crippen LogP contribution in [-0.2, 0) is 6.54 Å². The summed E-state index contributed by atoms with van der Waals surface area (Å²) in [7, 11) is 1.74. The molecular weight excluding hydrogens is 262 g/mol. The van der Waals surface area contributed by atoms with Gasteiger partial charge in [0.25, 0.3) is 5.91 Å². The molecule has 0 aliphatic carbocycles. The Morgan fingerprint density at radius 2 is 2.21 bits per heavy atom. The van der Waals surface area contributed by atoms with Gasteiger partial charge in [-0.15, -0.1) is 0 Å². The van der Waals surface area contributed by atoms with E-state index in [4.69, 9.17) is 17.3 Å². The van der Waals surface area contributed by atoms with Crippen LogP contribution < -0.4 is 5.73 Å². The van der Waals surface area contributed by atoms with E-state index in [1.54, 1.807) is 42.5 Å². The Morgan fingerprint density at radius 3 is 2.84 bits per heavy atom. The lowest BCUT2D eigenvalue weighted by molar-refractivity contribution is 0.0785. The van der Waals surface area contributed by atoms with Crippen LogP contribution >= 0.6 is 11.6 Å². The molecule has 1 aromatic heterocycles. The third-order valence-electron chi connectivity index (χ3n) is 2.73. The molecule has 5 heteroatoms. The number of halogens is 1. The molecule has 4 nitrogen and oxygen atoms in total. The molecule has 2 rings (SSSR count). The number of nitrogens with two attached hydrogens (primary N) is 1. The summed E-state index contributed by atoms with van der Waals surface area (Å²) in [4.78, 5) is 17.9. The maximum Gasteiger partial charge on any atom is 0.253 e. The summed E-state index contributed by atoms with van der Waals surface area (Å²) in [5.74, 6) is -0.104. The molecule has 1 heterocycles. The fourth-order valence-corrected chi connectivity index (χ4v) is 1.85. The van der Waals surface area contributed by atoms with Crippen molar-refractivity contribution in [2.75, 3.05) is 12.8 Å². The van der Waals surface area contributed by atoms with Gasteiger partial charge < -0.3 is 10.6 Å². The van der Waals surface area contributed by atoms with Crippen LogP contribution in [0.3, 0.4) is 0 Å². The average molecular weight is 276 g/mol. The molecule has 0 spiro atoms. The standard InChI is InChI=1S/C14H14ClN3O/c1-18(9-10-3-2-6-17-8-10)14(19)11-4-5-12(15)13(16)7-11/h2-8H,9,16H2,1H3. The van der Waals surface area contributed by atoms with Gasteiger partial charge in [0.15, 0.2) is 0 Å². The van der Waals surface area contributed by atoms with Gasteiger partial charge in [-0.05, 0) is 29.8 Å². The summed E-state index contributed by atoms with van der Waals surface area (Å²) in [5.41, 5.74) is 7.60. The zero-order chi connectivity index (χ0) is 13.8. The number of rotatable bonds is 3. The highest BCUT2D eigenvalue weighted by Crippen LogP contribution is 2.20. The van der Waals surface area contributed by atoms with Gasteiger partial charge in [0.2, 0.25) is 0 Å². The molecule has 2 aromatic rings. The Hall–Kier alpha value is -2.07. The van der Waals surface area contributed by atoms with E-state index in [-0.39, 0.29) is 5.91 Å². The molecule has 0 aliphatic heterocycles. The van der Waals surface area contributed by atoms with Crippen LogP contribution in [0.2, 0.25) is 5.02 Å². The smallest absolute Gasteiger partial charge is 0.253 e. The first kappa shape index (κ1) is 13.4. The molecule has 0 radical (unpaired) electrons. The molecular formula is C14H14ClN3O. The predicted octanol–water partition coefficient (Wildman–Crippen LogP) is 2.59. The number of anilines is 1. The molecule has 0 aliphatic rings. The summed E-state index contributed by atoms with van der Waals surface area (Å²) in [6.45, 7) is 0.495. The number of hydrogen-bond acceptors (Lipinski definition) is 3. The normalized spacial score (nSPS) is 10.2. The third-order valence-corrected chi connectivity index (χ3v) is 3.08. The van der Waals surface area contributed by atoms with E-state index in [1.807, 2.05) is 12.1 Å². The Balaban J connectivity index is 2.12. The van der Waals surface area contributed by atoms with Gasteiger partial charge in [0.1, 0.15) is 0 Å². The van der Waals surface area contributed by atoms with Crippen molar-refractivity contribution in [2.24, 2.45) is 0 Å². The predicted molar refractivity (Wildman–Crippen MR) is 75.9 cm³/mol. The topological polar surface area (TPSA) is 59.2 Å². The van der Waals surface area contributed by atoms with Crippen LogP contribution in [0.4, 0.5) is 5.69 Å². The van der Waals surface area contributed by atoms with E-state index in [0.717, 1.165) is 5.56 Å². The molecule has 1 amide bonds. The van der Waals surface area contributed by atoms with Gasteiger partial charge in [0, 0.05) is 31.5 Å². The first-order valence-corrected chi connectivity index (χ1v) is 6.15. The molecule has 98 valence electrons. The zero-order valence-electron chi connectivity index (χ0n) is 10.5. The maximum absolute atomic E-state index is 12.2. The van der Waals surface area contributed by atoms with Crippen LogP contribution in [0.1, 0.15) is 15.9 Å². The van der Waals surface area contributed by atoms with Gasteiger partial charge in [-0.2, -0.15) is 0 Å². The molecule has 0 unspecified atom stereocenters. The molecule has 0 fully saturated rings. The van der Waals surface area contributed by atoms with Crippen molar-refractivity contribution >= 4 is 23.2 Å². The van der Waals surface area contributed by atoms with E-state index in [2.05, 4.69) is 4.98 Å². The minimum absolute atomic E-state index is 0.104. The van der Waals surface area contributed by atoms with E-state index in [1.165, 1.54) is 0 Å². The summed E-state index contributed by atoms with van der Waals surface area (Å²) < 4.78 is 0. The number of amides is 1. The maximum atomic E-state index is 12.2. The lowest BCUT2D eigenvalue weighted by atomic mass is 10.1. The number of nitrogen functional groups attached to an aromatic ring is 1. The molecule has 0 saturated carbocycles. The fourth-order valence-electron chi connectivity index (χ4n) is 1.73. The first-order chi connectivity index (χ1) is 9.08. The van der Waals surface area contributed by atoms with E-state index in [0.29, 0.717) is 22.8 Å². The van der Waals surface area contributed by atoms with Gasteiger partial charge in [0.05, 0.1) is 10.7 Å². The number of nitrogens with zero attached hydrogens (tertiary/aromatic N) is 2. The van der Waals surface area contributed by atoms with Crippen LogP contribution in [0, 0.1) is 0 Å². The summed E-state index contributed by atoms with van der Waals surface area (Å²) in [5, 5.41) is 0.450. The monoisotopic (exact) mass is 275 g/mol. The van der Waals surface area contributed by atoms with Gasteiger partial charge in [-0.3, -0.25) is 9.78 Å². The van der Waals surface area contributed by atoms with Crippen LogP contribution in [-0.4, -0.2) is 22.8 Å². The number of pyridine rings is 1. The van der Waals surface area contributed by atoms with Crippen molar-refractivity contribution in [3.63, 3.8) is 0 Å². The molecule has 0 saturated heterocycles. The molecule has 19 heavy (non-hydrogen) atoms. The zero-order valence-corrected chi connectivity index (χ0v) is 11.3. The van der Waals surface area contributed by atoms with Crippen LogP contribution in [0.5, 0.6) is 0 Å². The van der Waals surface area contributed by atoms with E-state index < -0.39 is 0 Å². The number of benzene rings is 1. The molecule has 2 N–H and O–H groups in total. The summed E-state index contributed by atoms with van der Waals surface area (Å²) in [6.07, 6.45) is 3.44. The van der Waals surface area contributed by atoms with E-state index >= 15 is 0 Å². The lowest BCUT2D eigenvalue weighted by Gasteiger charge is -2.17. The summed E-state index contributed by atoms with van der Waals surface area (Å²) in [6, 6.07) is 8.65. The van der Waals surface area contributed by atoms with Crippen molar-refractivity contribution in [2.45, 2.75) is 6.54 Å². The van der Waals surface area contributed by atoms with Crippen molar-refractivity contribution in [3.05, 3.63) is 58.9 Å². The largest absolute Gasteiger partial charge is 0.398 e. The lowest BCUT2D eigenvalue weighted by Crippen LogP contribution is -2.26.